The number of nitrogen functional groups attached to an aromatic ring is 1. The molecule has 3 aromatic heterocycles. The molecule has 0 aliphatic carbocycles. The summed E-state index contributed by atoms with van der Waals surface area (Å²) in [5.41, 5.74) is 10.1. The van der Waals surface area contributed by atoms with E-state index >= 15 is 0 Å². The van der Waals surface area contributed by atoms with Gasteiger partial charge >= 0.3 is 0 Å². The number of aromatic nitrogens is 4. The van der Waals surface area contributed by atoms with Crippen LogP contribution in [0.3, 0.4) is 0 Å². The second-order valence-electron chi connectivity index (χ2n) is 10.3. The van der Waals surface area contributed by atoms with Gasteiger partial charge in [-0.3, -0.25) is 19.1 Å². The molecular formula is C32H29FN6O3. The van der Waals surface area contributed by atoms with Crippen molar-refractivity contribution in [2.24, 2.45) is 7.05 Å². The summed E-state index contributed by atoms with van der Waals surface area (Å²) in [6.45, 7) is 0.247. The van der Waals surface area contributed by atoms with E-state index < -0.39 is 17.1 Å². The minimum atomic E-state index is -0.628. The van der Waals surface area contributed by atoms with Crippen LogP contribution in [-0.4, -0.2) is 50.0 Å². The molecule has 2 N–H and O–H groups in total. The van der Waals surface area contributed by atoms with Gasteiger partial charge in [0.15, 0.2) is 5.78 Å². The van der Waals surface area contributed by atoms with Crippen LogP contribution in [-0.2, 0) is 20.0 Å². The normalized spacial score (nSPS) is 11.0. The molecule has 212 valence electrons. The molecule has 0 fully saturated rings. The summed E-state index contributed by atoms with van der Waals surface area (Å²) in [6, 6.07) is 15.1. The Morgan fingerprint density at radius 2 is 1.55 bits per heavy atom. The molecule has 0 saturated carbocycles. The third-order valence-electron chi connectivity index (χ3n) is 6.88. The Labute approximate surface area is 241 Å². The van der Waals surface area contributed by atoms with Gasteiger partial charge in [0, 0.05) is 75.6 Å². The van der Waals surface area contributed by atoms with Gasteiger partial charge in [-0.15, -0.1) is 0 Å². The fraction of sp³-hybridized carbons (Fsp3) is 0.156. The fourth-order valence-electron chi connectivity index (χ4n) is 4.63. The Morgan fingerprint density at radius 1 is 0.881 bits per heavy atom. The fourth-order valence-corrected chi connectivity index (χ4v) is 4.63. The zero-order valence-corrected chi connectivity index (χ0v) is 23.4. The quantitative estimate of drug-likeness (QED) is 0.282. The van der Waals surface area contributed by atoms with Gasteiger partial charge in [-0.2, -0.15) is 5.10 Å². The Balaban J connectivity index is 1.42. The molecule has 5 aromatic rings. The summed E-state index contributed by atoms with van der Waals surface area (Å²) >= 11 is 0. The van der Waals surface area contributed by atoms with Gasteiger partial charge in [-0.1, -0.05) is 36.4 Å². The standard InChI is InChI=1S/C32H29FN6O3/c1-37(2)32(42)28-19-39(16-21-6-10-25(33)11-7-21)18-27(30(28)41)29(40)12-20-4-8-22(9-5-20)26-13-23(14-35-31(26)34)24-15-36-38(3)17-24/h4-11,13-15,17-19H,12,16H2,1-3H3,(H2,34,35). The molecule has 10 heteroatoms. The molecule has 0 unspecified atom stereocenters. The van der Waals surface area contributed by atoms with Crippen LogP contribution in [0.1, 0.15) is 31.8 Å². The van der Waals surface area contributed by atoms with Gasteiger partial charge in [0.2, 0.25) is 5.43 Å². The van der Waals surface area contributed by atoms with E-state index in [2.05, 4.69) is 10.1 Å². The Kier molecular flexibility index (Phi) is 7.79. The molecule has 0 bridgehead atoms. The van der Waals surface area contributed by atoms with Crippen LogP contribution in [0.15, 0.2) is 90.4 Å². The zero-order valence-electron chi connectivity index (χ0n) is 23.4. The van der Waals surface area contributed by atoms with E-state index in [1.807, 2.05) is 31.4 Å². The second kappa shape index (κ2) is 11.6. The highest BCUT2D eigenvalue weighted by Crippen LogP contribution is 2.29. The number of rotatable bonds is 8. The largest absolute Gasteiger partial charge is 0.383 e. The summed E-state index contributed by atoms with van der Waals surface area (Å²) in [4.78, 5) is 45.1. The molecule has 0 radical (unpaired) electrons. The van der Waals surface area contributed by atoms with Crippen LogP contribution in [0.4, 0.5) is 10.2 Å². The van der Waals surface area contributed by atoms with E-state index in [1.54, 1.807) is 45.9 Å². The first kappa shape index (κ1) is 28.2. The predicted molar refractivity (Wildman–Crippen MR) is 159 cm³/mol. The highest BCUT2D eigenvalue weighted by Gasteiger charge is 2.21. The Morgan fingerprint density at radius 3 is 2.19 bits per heavy atom. The number of nitrogens with zero attached hydrogens (tertiary/aromatic N) is 5. The number of hydrogen-bond acceptors (Lipinski definition) is 6. The number of benzene rings is 2. The van der Waals surface area contributed by atoms with Gasteiger partial charge in [-0.05, 0) is 34.9 Å². The first-order valence-corrected chi connectivity index (χ1v) is 13.2. The number of amides is 1. The van der Waals surface area contributed by atoms with Gasteiger partial charge < -0.3 is 15.2 Å². The van der Waals surface area contributed by atoms with E-state index in [0.29, 0.717) is 11.4 Å². The summed E-state index contributed by atoms with van der Waals surface area (Å²) in [7, 11) is 4.92. The molecule has 5 rings (SSSR count). The lowest BCUT2D eigenvalue weighted by atomic mass is 9.98. The third kappa shape index (κ3) is 6.02. The number of hydrogen-bond donors (Lipinski definition) is 1. The van der Waals surface area contributed by atoms with E-state index in [0.717, 1.165) is 27.8 Å². The van der Waals surface area contributed by atoms with E-state index in [9.17, 15) is 18.8 Å². The van der Waals surface area contributed by atoms with Crippen molar-refractivity contribution in [1.29, 1.82) is 0 Å². The summed E-state index contributed by atoms with van der Waals surface area (Å²) in [5.74, 6) is -0.931. The number of carbonyl (C=O) groups is 2. The van der Waals surface area contributed by atoms with Gasteiger partial charge in [0.1, 0.15) is 17.2 Å². The maximum atomic E-state index is 13.4. The molecule has 2 aromatic carbocycles. The van der Waals surface area contributed by atoms with Crippen molar-refractivity contribution in [3.63, 3.8) is 0 Å². The molecule has 0 aliphatic rings. The smallest absolute Gasteiger partial charge is 0.258 e. The third-order valence-corrected chi connectivity index (χ3v) is 6.88. The zero-order chi connectivity index (χ0) is 30.0. The first-order chi connectivity index (χ1) is 20.1. The molecule has 0 saturated heterocycles. The van der Waals surface area contributed by atoms with Crippen LogP contribution < -0.4 is 11.2 Å². The number of carbonyl (C=O) groups excluding carboxylic acids is 2. The molecule has 0 atom stereocenters. The number of anilines is 1. The highest BCUT2D eigenvalue weighted by atomic mass is 19.1. The lowest BCUT2D eigenvalue weighted by Gasteiger charge is -2.15. The summed E-state index contributed by atoms with van der Waals surface area (Å²) < 4.78 is 16.7. The molecule has 3 heterocycles. The van der Waals surface area contributed by atoms with Gasteiger partial charge in [-0.25, -0.2) is 9.37 Å². The molecule has 42 heavy (non-hydrogen) atoms. The topological polar surface area (TPSA) is 116 Å². The molecule has 9 nitrogen and oxygen atoms in total. The van der Waals surface area contributed by atoms with Crippen molar-refractivity contribution in [1.82, 2.24) is 24.2 Å². The molecule has 0 aliphatic heterocycles. The summed E-state index contributed by atoms with van der Waals surface area (Å²) in [6.07, 6.45) is 8.17. The van der Waals surface area contributed by atoms with Crippen LogP contribution >= 0.6 is 0 Å². The first-order valence-electron chi connectivity index (χ1n) is 13.2. The van der Waals surface area contributed by atoms with Crippen LogP contribution in [0.25, 0.3) is 22.3 Å². The van der Waals surface area contributed by atoms with Crippen LogP contribution in [0, 0.1) is 5.82 Å². The Bertz CT molecular complexity index is 1840. The number of halogens is 1. The molecular weight excluding hydrogens is 535 g/mol. The Hall–Kier alpha value is -5.38. The van der Waals surface area contributed by atoms with Crippen molar-refractivity contribution >= 4 is 17.5 Å². The van der Waals surface area contributed by atoms with Crippen molar-refractivity contribution in [3.8, 4) is 22.3 Å². The highest BCUT2D eigenvalue weighted by molar-refractivity contribution is 6.00. The van der Waals surface area contributed by atoms with Crippen LogP contribution in [0.5, 0.6) is 0 Å². The lowest BCUT2D eigenvalue weighted by Crippen LogP contribution is -2.32. The van der Waals surface area contributed by atoms with Gasteiger partial charge in [0.05, 0.1) is 11.8 Å². The minimum Gasteiger partial charge on any atom is -0.383 e. The van der Waals surface area contributed by atoms with E-state index in [1.165, 1.54) is 43.5 Å². The minimum absolute atomic E-state index is 0.0465. The number of pyridine rings is 2. The monoisotopic (exact) mass is 564 g/mol. The van der Waals surface area contributed by atoms with E-state index in [-0.39, 0.29) is 29.9 Å². The lowest BCUT2D eigenvalue weighted by molar-refractivity contribution is 0.0825. The summed E-state index contributed by atoms with van der Waals surface area (Å²) in [5, 5.41) is 4.21. The van der Waals surface area contributed by atoms with Crippen molar-refractivity contribution in [2.45, 2.75) is 13.0 Å². The van der Waals surface area contributed by atoms with E-state index in [4.69, 9.17) is 5.73 Å². The van der Waals surface area contributed by atoms with Crippen molar-refractivity contribution in [3.05, 3.63) is 124 Å². The molecule has 1 amide bonds. The van der Waals surface area contributed by atoms with Crippen LogP contribution in [0.2, 0.25) is 0 Å². The average molecular weight is 565 g/mol. The maximum Gasteiger partial charge on any atom is 0.258 e. The van der Waals surface area contributed by atoms with Crippen molar-refractivity contribution in [2.75, 3.05) is 19.8 Å². The average Bonchev–Trinajstić information content (AvgIpc) is 3.41. The number of ketones is 1. The molecule has 0 spiro atoms. The number of aryl methyl sites for hydroxylation is 1. The SMILES string of the molecule is CN(C)C(=O)c1cn(Cc2ccc(F)cc2)cc(C(=O)Cc2ccc(-c3cc(-c4cnn(C)c4)cnc3N)cc2)c1=O. The predicted octanol–water partition coefficient (Wildman–Crippen LogP) is 4.21. The van der Waals surface area contributed by atoms with Crippen molar-refractivity contribution < 1.29 is 14.0 Å². The second-order valence-corrected chi connectivity index (χ2v) is 10.3. The number of nitrogens with two attached hydrogens (primary N) is 1. The van der Waals surface area contributed by atoms with Gasteiger partial charge in [0.25, 0.3) is 5.91 Å². The number of Topliss-reactive ketones (excluding diaryl/α,β-unsaturated/α-hetero) is 1. The maximum absolute atomic E-state index is 13.4.